The van der Waals surface area contributed by atoms with Gasteiger partial charge in [0.15, 0.2) is 5.82 Å². The van der Waals surface area contributed by atoms with Crippen molar-refractivity contribution in [2.75, 3.05) is 32.0 Å². The number of rotatable bonds is 3. The normalized spacial score (nSPS) is 17.7. The zero-order chi connectivity index (χ0) is 19.7. The number of nitrogens with one attached hydrogen (secondary N) is 1. The van der Waals surface area contributed by atoms with Crippen LogP contribution in [0.2, 0.25) is 0 Å². The number of likely N-dealkylation sites (N-methyl/N-ethyl adjacent to an activating group) is 1. The number of hydrogen-bond acceptors (Lipinski definition) is 7. The summed E-state index contributed by atoms with van der Waals surface area (Å²) in [6, 6.07) is 7.52. The molecule has 0 saturated carbocycles. The van der Waals surface area contributed by atoms with Gasteiger partial charge in [0.1, 0.15) is 11.7 Å². The molecule has 1 saturated heterocycles. The molecule has 28 heavy (non-hydrogen) atoms. The van der Waals surface area contributed by atoms with Crippen molar-refractivity contribution in [1.82, 2.24) is 24.9 Å². The van der Waals surface area contributed by atoms with Crippen LogP contribution in [-0.2, 0) is 0 Å². The highest BCUT2D eigenvalue weighted by Gasteiger charge is 2.32. The maximum absolute atomic E-state index is 13.0. The van der Waals surface area contributed by atoms with Crippen molar-refractivity contribution >= 4 is 23.1 Å². The van der Waals surface area contributed by atoms with Crippen LogP contribution in [0, 0.1) is 13.8 Å². The second-order valence-electron chi connectivity index (χ2n) is 6.86. The van der Waals surface area contributed by atoms with Crippen LogP contribution in [0.25, 0.3) is 10.6 Å². The van der Waals surface area contributed by atoms with E-state index in [1.807, 2.05) is 25.2 Å². The molecule has 3 aromatic rings. The van der Waals surface area contributed by atoms with Crippen LogP contribution in [0.3, 0.4) is 0 Å². The first kappa shape index (κ1) is 18.6. The molecule has 0 radical (unpaired) electrons. The van der Waals surface area contributed by atoms with Gasteiger partial charge in [-0.3, -0.25) is 9.88 Å². The summed E-state index contributed by atoms with van der Waals surface area (Å²) in [5, 5.41) is 6.90. The number of aromatic nitrogens is 3. The number of amides is 2. The number of carbonyl (C=O) groups is 1. The molecule has 1 aliphatic rings. The van der Waals surface area contributed by atoms with Gasteiger partial charge >= 0.3 is 6.03 Å². The summed E-state index contributed by atoms with van der Waals surface area (Å²) >= 11 is 1.66. The number of thiophene rings is 1. The fraction of sp³-hybridized carbons (Fsp3) is 0.368. The first-order valence-electron chi connectivity index (χ1n) is 9.09. The summed E-state index contributed by atoms with van der Waals surface area (Å²) in [6.45, 7) is 5.68. The molecule has 4 heterocycles. The van der Waals surface area contributed by atoms with Gasteiger partial charge in [0.25, 0.3) is 0 Å². The molecule has 0 aromatic carbocycles. The Balaban J connectivity index is 1.51. The van der Waals surface area contributed by atoms with Crippen LogP contribution in [0.15, 0.2) is 35.0 Å². The van der Waals surface area contributed by atoms with Crippen LogP contribution in [0.4, 0.5) is 10.5 Å². The molecule has 0 aliphatic carbocycles. The highest BCUT2D eigenvalue weighted by Crippen LogP contribution is 2.32. The fourth-order valence-electron chi connectivity index (χ4n) is 3.23. The lowest BCUT2D eigenvalue weighted by molar-refractivity contribution is 0.0960. The second kappa shape index (κ2) is 7.69. The van der Waals surface area contributed by atoms with E-state index in [9.17, 15) is 4.79 Å². The molecule has 2 amide bonds. The standard InChI is InChI=1S/C19H22N6O2S/c1-12-6-7-16(28-12)17-14(5-4-8-20-17)22-19(26)25-10-9-24(3)15(11-25)18-21-13(2)23-27-18/h4-8,15H,9-11H2,1-3H3,(H,22,26). The lowest BCUT2D eigenvalue weighted by Crippen LogP contribution is -2.50. The number of carbonyl (C=O) groups excluding carboxylic acids is 1. The molecule has 146 valence electrons. The van der Waals surface area contributed by atoms with E-state index in [1.54, 1.807) is 29.4 Å². The minimum absolute atomic E-state index is 0.117. The average Bonchev–Trinajstić information content (AvgIpc) is 3.31. The molecule has 3 aromatic heterocycles. The fourth-order valence-corrected chi connectivity index (χ4v) is 4.11. The van der Waals surface area contributed by atoms with Crippen molar-refractivity contribution in [1.29, 1.82) is 0 Å². The molecule has 1 unspecified atom stereocenters. The number of hydrogen-bond donors (Lipinski definition) is 1. The van der Waals surface area contributed by atoms with Gasteiger partial charge in [-0.25, -0.2) is 4.79 Å². The number of urea groups is 1. The van der Waals surface area contributed by atoms with Crippen LogP contribution in [0.1, 0.15) is 22.6 Å². The Hall–Kier alpha value is -2.78. The maximum Gasteiger partial charge on any atom is 0.322 e. The summed E-state index contributed by atoms with van der Waals surface area (Å²) in [4.78, 5) is 27.9. The molecular formula is C19H22N6O2S. The molecular weight excluding hydrogens is 376 g/mol. The Labute approximate surface area is 167 Å². The summed E-state index contributed by atoms with van der Waals surface area (Å²) < 4.78 is 5.33. The van der Waals surface area contributed by atoms with Crippen molar-refractivity contribution in [2.45, 2.75) is 19.9 Å². The Morgan fingerprint density at radius 1 is 1.29 bits per heavy atom. The van der Waals surface area contributed by atoms with E-state index in [2.05, 4.69) is 38.3 Å². The predicted molar refractivity (Wildman–Crippen MR) is 107 cm³/mol. The smallest absolute Gasteiger partial charge is 0.322 e. The van der Waals surface area contributed by atoms with Crippen LogP contribution >= 0.6 is 11.3 Å². The van der Waals surface area contributed by atoms with Crippen LogP contribution in [0.5, 0.6) is 0 Å². The van der Waals surface area contributed by atoms with Gasteiger partial charge in [-0.05, 0) is 45.2 Å². The van der Waals surface area contributed by atoms with Crippen LogP contribution < -0.4 is 5.32 Å². The van der Waals surface area contributed by atoms with E-state index in [4.69, 9.17) is 4.52 Å². The van der Waals surface area contributed by atoms with Gasteiger partial charge in [-0.2, -0.15) is 4.98 Å². The Morgan fingerprint density at radius 2 is 2.14 bits per heavy atom. The summed E-state index contributed by atoms with van der Waals surface area (Å²) in [6.07, 6.45) is 1.74. The van der Waals surface area contributed by atoms with E-state index in [1.165, 1.54) is 4.88 Å². The zero-order valence-electron chi connectivity index (χ0n) is 16.0. The minimum atomic E-state index is -0.156. The zero-order valence-corrected chi connectivity index (χ0v) is 16.9. The van der Waals surface area contributed by atoms with Crippen molar-refractivity contribution in [2.24, 2.45) is 0 Å². The van der Waals surface area contributed by atoms with Gasteiger partial charge in [-0.15, -0.1) is 11.3 Å². The number of pyridine rings is 1. The molecule has 9 heteroatoms. The second-order valence-corrected chi connectivity index (χ2v) is 8.15. The molecule has 1 aliphatic heterocycles. The van der Waals surface area contributed by atoms with Crippen molar-refractivity contribution in [3.63, 3.8) is 0 Å². The summed E-state index contributed by atoms with van der Waals surface area (Å²) in [7, 11) is 2.00. The highest BCUT2D eigenvalue weighted by atomic mass is 32.1. The molecule has 0 spiro atoms. The first-order valence-corrected chi connectivity index (χ1v) is 9.91. The maximum atomic E-state index is 13.0. The molecule has 1 fully saturated rings. The van der Waals surface area contributed by atoms with Crippen molar-refractivity contribution < 1.29 is 9.32 Å². The number of piperazine rings is 1. The van der Waals surface area contributed by atoms with Gasteiger partial charge in [0.05, 0.1) is 10.6 Å². The Bertz CT molecular complexity index is 984. The van der Waals surface area contributed by atoms with E-state index in [0.29, 0.717) is 30.5 Å². The summed E-state index contributed by atoms with van der Waals surface area (Å²) in [5.74, 6) is 1.13. The van der Waals surface area contributed by atoms with E-state index < -0.39 is 0 Å². The topological polar surface area (TPSA) is 87.4 Å². The summed E-state index contributed by atoms with van der Waals surface area (Å²) in [5.41, 5.74) is 1.49. The number of nitrogens with zero attached hydrogens (tertiary/aromatic N) is 5. The van der Waals surface area contributed by atoms with Crippen molar-refractivity contribution in [3.8, 4) is 10.6 Å². The molecule has 4 rings (SSSR count). The van der Waals surface area contributed by atoms with E-state index in [-0.39, 0.29) is 12.1 Å². The molecule has 1 atom stereocenters. The quantitative estimate of drug-likeness (QED) is 0.728. The number of anilines is 1. The van der Waals surface area contributed by atoms with Gasteiger partial charge in [-0.1, -0.05) is 5.16 Å². The van der Waals surface area contributed by atoms with Crippen molar-refractivity contribution in [3.05, 3.63) is 47.1 Å². The third kappa shape index (κ3) is 3.76. The highest BCUT2D eigenvalue weighted by molar-refractivity contribution is 7.15. The predicted octanol–water partition coefficient (Wildman–Crippen LogP) is 3.33. The number of aryl methyl sites for hydroxylation is 2. The lowest BCUT2D eigenvalue weighted by atomic mass is 10.2. The molecule has 1 N–H and O–H groups in total. The van der Waals surface area contributed by atoms with Gasteiger partial charge in [0.2, 0.25) is 5.89 Å². The SMILES string of the molecule is Cc1noc(C2CN(C(=O)Nc3cccnc3-c3ccc(C)s3)CCN2C)n1. The molecule has 0 bridgehead atoms. The largest absolute Gasteiger partial charge is 0.338 e. The Morgan fingerprint density at radius 3 is 2.86 bits per heavy atom. The minimum Gasteiger partial charge on any atom is -0.338 e. The van der Waals surface area contributed by atoms with E-state index in [0.717, 1.165) is 17.1 Å². The molecule has 8 nitrogen and oxygen atoms in total. The third-order valence-electron chi connectivity index (χ3n) is 4.79. The Kier molecular flexibility index (Phi) is 5.10. The van der Waals surface area contributed by atoms with Gasteiger partial charge in [0, 0.05) is 30.7 Å². The third-order valence-corrected chi connectivity index (χ3v) is 5.79. The first-order chi connectivity index (χ1) is 13.5. The van der Waals surface area contributed by atoms with Gasteiger partial charge < -0.3 is 14.7 Å². The lowest BCUT2D eigenvalue weighted by Gasteiger charge is -2.37. The van der Waals surface area contributed by atoms with E-state index >= 15 is 0 Å². The van der Waals surface area contributed by atoms with Crippen LogP contribution in [-0.4, -0.2) is 57.6 Å². The average molecular weight is 398 g/mol. The monoisotopic (exact) mass is 398 g/mol.